The number of hydrogen-bond acceptors (Lipinski definition) is 2. The van der Waals surface area contributed by atoms with Crippen LogP contribution in [0, 0.1) is 6.04 Å². The Morgan fingerprint density at radius 1 is 1.40 bits per heavy atom. The van der Waals surface area contributed by atoms with Gasteiger partial charge in [-0.3, -0.25) is 0 Å². The van der Waals surface area contributed by atoms with E-state index in [1.165, 1.54) is 6.04 Å². The van der Waals surface area contributed by atoms with Gasteiger partial charge >= 0.3 is 0 Å². The minimum absolute atomic E-state index is 0. The average Bonchev–Trinajstić information content (AvgIpc) is 1.60. The van der Waals surface area contributed by atoms with Crippen LogP contribution in [0.3, 0.4) is 0 Å². The van der Waals surface area contributed by atoms with Crippen molar-refractivity contribution in [3.05, 3.63) is 6.04 Å². The zero-order valence-corrected chi connectivity index (χ0v) is 9.76. The maximum Gasteiger partial charge on any atom is 0 e. The summed E-state index contributed by atoms with van der Waals surface area (Å²) in [7, 11) is 2.11. The molecule has 1 radical (unpaired) electrons. The van der Waals surface area contributed by atoms with Crippen molar-refractivity contribution in [3.8, 4) is 0 Å². The molecule has 0 aromatic rings. The predicted molar refractivity (Wildman–Crippen MR) is 37.0 cm³/mol. The van der Waals surface area contributed by atoms with Gasteiger partial charge in [0, 0.05) is 32.7 Å². The van der Waals surface area contributed by atoms with Gasteiger partial charge in [0.2, 0.25) is 0 Å². The molecule has 0 N–H and O–H groups in total. The van der Waals surface area contributed by atoms with Crippen molar-refractivity contribution in [3.63, 3.8) is 0 Å². The maximum absolute atomic E-state index is 5.03. The summed E-state index contributed by atoms with van der Waals surface area (Å²) in [5, 5.41) is 0. The van der Waals surface area contributed by atoms with E-state index in [1.54, 1.807) is 0 Å². The van der Waals surface area contributed by atoms with Gasteiger partial charge in [0.25, 0.3) is 0 Å². The van der Waals surface area contributed by atoms with E-state index in [-0.39, 0.29) is 32.7 Å². The minimum atomic E-state index is 0. The molecule has 0 bridgehead atoms. The third kappa shape index (κ3) is 2.57. The van der Waals surface area contributed by atoms with Crippen LogP contribution in [0.25, 0.3) is 0 Å². The van der Waals surface area contributed by atoms with Crippen LogP contribution in [0.1, 0.15) is 13.8 Å². The normalized spacial score (nSPS) is 18.9. The van der Waals surface area contributed by atoms with E-state index >= 15 is 0 Å². The van der Waals surface area contributed by atoms with Crippen molar-refractivity contribution in [2.75, 3.05) is 20.3 Å². The summed E-state index contributed by atoms with van der Waals surface area (Å²) in [6.45, 7) is 6.06. The predicted octanol–water partition coefficient (Wildman–Crippen LogP) is 0.886. The van der Waals surface area contributed by atoms with Crippen LogP contribution < -0.4 is 0 Å². The third-order valence-electron chi connectivity index (χ3n) is 1.81. The van der Waals surface area contributed by atoms with E-state index < -0.39 is 0 Å². The van der Waals surface area contributed by atoms with Crippen LogP contribution in [-0.4, -0.2) is 31.2 Å². The first-order valence-corrected chi connectivity index (χ1v) is 3.37. The molecule has 0 unspecified atom stereocenters. The molecule has 1 saturated heterocycles. The Morgan fingerprint density at radius 2 is 1.90 bits per heavy atom. The smallest absolute Gasteiger partial charge is 0 e. The fraction of sp³-hybridized carbons (Fsp3) is 0.857. The molecule has 0 aliphatic carbocycles. The molecular weight excluding hydrogens is 203 g/mol. The first-order chi connectivity index (χ1) is 4.22. The van der Waals surface area contributed by atoms with E-state index in [2.05, 4.69) is 25.8 Å². The van der Waals surface area contributed by atoms with E-state index in [0.717, 1.165) is 13.2 Å². The Balaban J connectivity index is 0.000000810. The fourth-order valence-corrected chi connectivity index (χ4v) is 0.762. The average molecular weight is 217 g/mol. The maximum atomic E-state index is 5.03. The van der Waals surface area contributed by atoms with E-state index in [0.29, 0.717) is 6.04 Å². The molecule has 1 aliphatic rings. The molecule has 57 valence electrons. The number of hydrogen-bond donors (Lipinski definition) is 0. The van der Waals surface area contributed by atoms with Gasteiger partial charge in [-0.2, -0.15) is 0 Å². The first kappa shape index (κ1) is 11.0. The third-order valence-corrected chi connectivity index (χ3v) is 1.81. The van der Waals surface area contributed by atoms with Gasteiger partial charge in [-0.05, 0) is 13.1 Å². The van der Waals surface area contributed by atoms with Crippen LogP contribution in [0.5, 0.6) is 0 Å². The molecular formula is C7H14NOY-. The molecule has 10 heavy (non-hydrogen) atoms. The first-order valence-electron chi connectivity index (χ1n) is 3.37. The number of ether oxygens (including phenoxy) is 1. The van der Waals surface area contributed by atoms with Gasteiger partial charge in [0.1, 0.15) is 0 Å². The molecule has 0 saturated carbocycles. The Hall–Kier alpha value is 1.02. The second-order valence-corrected chi connectivity index (χ2v) is 2.76. The monoisotopic (exact) mass is 217 g/mol. The summed E-state index contributed by atoms with van der Waals surface area (Å²) >= 11 is 0. The Kier molecular flexibility index (Phi) is 5.30. The van der Waals surface area contributed by atoms with Crippen LogP contribution >= 0.6 is 0 Å². The zero-order chi connectivity index (χ0) is 6.85. The standard InChI is InChI=1S/C7H14NO.Y/c1-6(2)8(3)7-4-9-5-7;/h6H,4-5H2,1-3H3;/q-1;. The quantitative estimate of drug-likeness (QED) is 0.637. The number of rotatable bonds is 2. The second kappa shape index (κ2) is 4.81. The molecule has 1 rings (SSSR count). The van der Waals surface area contributed by atoms with E-state index in [4.69, 9.17) is 4.74 Å². The number of nitrogens with zero attached hydrogens (tertiary/aromatic N) is 1. The van der Waals surface area contributed by atoms with E-state index in [1.807, 2.05) is 0 Å². The fourth-order valence-electron chi connectivity index (χ4n) is 0.762. The van der Waals surface area contributed by atoms with Crippen LogP contribution in [0.2, 0.25) is 0 Å². The van der Waals surface area contributed by atoms with Crippen molar-refractivity contribution in [2.45, 2.75) is 19.9 Å². The SMILES string of the molecule is CC(C)N(C)[C-]1COC1.[Y]. The summed E-state index contributed by atoms with van der Waals surface area (Å²) < 4.78 is 5.03. The Labute approximate surface area is 88.2 Å². The van der Waals surface area contributed by atoms with Gasteiger partial charge < -0.3 is 9.64 Å². The largest absolute Gasteiger partial charge is 0.450 e. The van der Waals surface area contributed by atoms with Gasteiger partial charge in [-0.1, -0.05) is 27.1 Å². The topological polar surface area (TPSA) is 12.5 Å². The van der Waals surface area contributed by atoms with Gasteiger partial charge in [-0.25, -0.2) is 6.04 Å². The van der Waals surface area contributed by atoms with Crippen molar-refractivity contribution in [1.29, 1.82) is 0 Å². The molecule has 0 aromatic heterocycles. The summed E-state index contributed by atoms with van der Waals surface area (Å²) in [6, 6.07) is 2.04. The molecule has 0 aromatic carbocycles. The minimum Gasteiger partial charge on any atom is -0.450 e. The molecule has 1 aliphatic heterocycles. The van der Waals surface area contributed by atoms with Crippen molar-refractivity contribution >= 4 is 0 Å². The van der Waals surface area contributed by atoms with Crippen LogP contribution in [0.15, 0.2) is 0 Å². The molecule has 0 amide bonds. The molecule has 0 atom stereocenters. The van der Waals surface area contributed by atoms with Crippen LogP contribution in [0.4, 0.5) is 0 Å². The summed E-state index contributed by atoms with van der Waals surface area (Å²) in [5.74, 6) is 0. The van der Waals surface area contributed by atoms with Crippen LogP contribution in [-0.2, 0) is 37.4 Å². The summed E-state index contributed by atoms with van der Waals surface area (Å²) in [4.78, 5) is 2.27. The molecule has 0 spiro atoms. The summed E-state index contributed by atoms with van der Waals surface area (Å²) in [6.07, 6.45) is 0. The van der Waals surface area contributed by atoms with Gasteiger partial charge in [0.05, 0.1) is 0 Å². The molecule has 1 fully saturated rings. The zero-order valence-electron chi connectivity index (χ0n) is 6.92. The molecule has 1 heterocycles. The second-order valence-electron chi connectivity index (χ2n) is 2.76. The van der Waals surface area contributed by atoms with E-state index in [9.17, 15) is 0 Å². The summed E-state index contributed by atoms with van der Waals surface area (Å²) in [5.41, 5.74) is 0. The van der Waals surface area contributed by atoms with Gasteiger partial charge in [-0.15, -0.1) is 0 Å². The molecule has 2 nitrogen and oxygen atoms in total. The van der Waals surface area contributed by atoms with Gasteiger partial charge in [0.15, 0.2) is 0 Å². The molecule has 3 heteroatoms. The van der Waals surface area contributed by atoms with Crippen molar-refractivity contribution < 1.29 is 37.4 Å². The van der Waals surface area contributed by atoms with Crippen molar-refractivity contribution in [1.82, 2.24) is 4.90 Å². The van der Waals surface area contributed by atoms with Crippen molar-refractivity contribution in [2.24, 2.45) is 0 Å². The Bertz CT molecular complexity index is 93.6. The number of likely N-dealkylation sites (N-methyl/N-ethyl adjacent to an activating group) is 1. The Morgan fingerprint density at radius 3 is 2.00 bits per heavy atom.